The number of carbonyl (C=O) groups is 1. The Balaban J connectivity index is 1.67. The van der Waals surface area contributed by atoms with Crippen molar-refractivity contribution in [1.82, 2.24) is 14.7 Å². The molecule has 0 aliphatic carbocycles. The highest BCUT2D eigenvalue weighted by Crippen LogP contribution is 2.40. The molecular weight excluding hydrogens is 446 g/mol. The number of amides is 1. The standard InChI is InChI=1S/C20H18ClN3O4S2/c21-13-9-14(29-11-13)10-24-19-15-3-1-2-4-17(15)30(26,27)12-16(19)18(22-24)20(25)23-5-7-28-8-6-23/h1-4,9,11H,5-8,10,12H2. The molecule has 3 aromatic rings. The molecule has 10 heteroatoms. The van der Waals surface area contributed by atoms with Gasteiger partial charge < -0.3 is 9.64 Å². The molecule has 4 heterocycles. The van der Waals surface area contributed by atoms with Crippen LogP contribution in [-0.2, 0) is 26.9 Å². The van der Waals surface area contributed by atoms with Gasteiger partial charge in [-0.05, 0) is 12.1 Å². The Hall–Kier alpha value is -2.20. The molecule has 0 atom stereocenters. The molecule has 0 radical (unpaired) electrons. The maximum atomic E-state index is 13.2. The molecule has 0 bridgehead atoms. The van der Waals surface area contributed by atoms with Gasteiger partial charge in [-0.3, -0.25) is 9.48 Å². The van der Waals surface area contributed by atoms with E-state index in [0.29, 0.717) is 54.7 Å². The Kier molecular flexibility index (Phi) is 4.93. The van der Waals surface area contributed by atoms with Crippen molar-refractivity contribution in [1.29, 1.82) is 0 Å². The molecule has 1 amide bonds. The van der Waals surface area contributed by atoms with E-state index in [-0.39, 0.29) is 22.2 Å². The minimum Gasteiger partial charge on any atom is -0.378 e. The van der Waals surface area contributed by atoms with Gasteiger partial charge in [0.05, 0.1) is 41.1 Å². The van der Waals surface area contributed by atoms with E-state index in [1.807, 2.05) is 11.4 Å². The second-order valence-corrected chi connectivity index (χ2v) is 10.6. The summed E-state index contributed by atoms with van der Waals surface area (Å²) >= 11 is 7.57. The number of halogens is 1. The predicted molar refractivity (Wildman–Crippen MR) is 114 cm³/mol. The van der Waals surface area contributed by atoms with Crippen LogP contribution in [0, 0.1) is 0 Å². The molecular formula is C20H18ClN3O4S2. The molecule has 1 saturated heterocycles. The molecule has 2 aliphatic heterocycles. The number of carbonyl (C=O) groups excluding carboxylic acids is 1. The smallest absolute Gasteiger partial charge is 0.274 e. The first-order chi connectivity index (χ1) is 14.4. The van der Waals surface area contributed by atoms with Gasteiger partial charge in [-0.15, -0.1) is 11.3 Å². The average Bonchev–Trinajstić information content (AvgIpc) is 3.31. The Morgan fingerprint density at radius 2 is 2.00 bits per heavy atom. The van der Waals surface area contributed by atoms with Crippen molar-refractivity contribution in [3.8, 4) is 11.3 Å². The Bertz CT molecular complexity index is 1240. The van der Waals surface area contributed by atoms with Crippen LogP contribution in [-0.4, -0.2) is 55.3 Å². The predicted octanol–water partition coefficient (Wildman–Crippen LogP) is 3.07. The lowest BCUT2D eigenvalue weighted by atomic mass is 10.1. The van der Waals surface area contributed by atoms with Crippen molar-refractivity contribution in [3.63, 3.8) is 0 Å². The fourth-order valence-corrected chi connectivity index (χ4v) is 6.57. The van der Waals surface area contributed by atoms with Gasteiger partial charge in [-0.25, -0.2) is 8.42 Å². The van der Waals surface area contributed by atoms with Crippen molar-refractivity contribution in [2.75, 3.05) is 26.3 Å². The third kappa shape index (κ3) is 3.35. The summed E-state index contributed by atoms with van der Waals surface area (Å²) in [5, 5.41) is 7.10. The molecule has 0 unspecified atom stereocenters. The normalized spacial score (nSPS) is 17.4. The Morgan fingerprint density at radius 3 is 2.73 bits per heavy atom. The zero-order valence-corrected chi connectivity index (χ0v) is 18.3. The highest BCUT2D eigenvalue weighted by molar-refractivity contribution is 7.90. The molecule has 5 rings (SSSR count). The summed E-state index contributed by atoms with van der Waals surface area (Å²) in [4.78, 5) is 16.2. The molecule has 0 N–H and O–H groups in total. The number of morpholine rings is 1. The zero-order chi connectivity index (χ0) is 20.9. The zero-order valence-electron chi connectivity index (χ0n) is 15.9. The van der Waals surface area contributed by atoms with Gasteiger partial charge >= 0.3 is 0 Å². The van der Waals surface area contributed by atoms with Crippen molar-refractivity contribution < 1.29 is 17.9 Å². The van der Waals surface area contributed by atoms with Crippen molar-refractivity contribution in [2.24, 2.45) is 0 Å². The van der Waals surface area contributed by atoms with Gasteiger partial charge in [-0.2, -0.15) is 5.10 Å². The van der Waals surface area contributed by atoms with Crippen molar-refractivity contribution in [2.45, 2.75) is 17.2 Å². The highest BCUT2D eigenvalue weighted by atomic mass is 35.5. The Morgan fingerprint density at radius 1 is 1.23 bits per heavy atom. The van der Waals surface area contributed by atoms with Crippen LogP contribution in [0.3, 0.4) is 0 Å². The maximum absolute atomic E-state index is 13.2. The third-order valence-corrected chi connectivity index (χ3v) is 8.25. The van der Waals surface area contributed by atoms with Crippen LogP contribution >= 0.6 is 22.9 Å². The van der Waals surface area contributed by atoms with Crippen LogP contribution < -0.4 is 0 Å². The fraction of sp³-hybridized carbons (Fsp3) is 0.300. The van der Waals surface area contributed by atoms with E-state index in [4.69, 9.17) is 16.3 Å². The summed E-state index contributed by atoms with van der Waals surface area (Å²) in [7, 11) is -3.56. The van der Waals surface area contributed by atoms with E-state index in [0.717, 1.165) is 4.88 Å². The monoisotopic (exact) mass is 463 g/mol. The molecule has 30 heavy (non-hydrogen) atoms. The van der Waals surface area contributed by atoms with Crippen LogP contribution in [0.1, 0.15) is 20.9 Å². The highest BCUT2D eigenvalue weighted by Gasteiger charge is 2.36. The number of hydrogen-bond donors (Lipinski definition) is 0. The van der Waals surface area contributed by atoms with E-state index in [9.17, 15) is 13.2 Å². The van der Waals surface area contributed by atoms with Gasteiger partial charge in [0, 0.05) is 34.5 Å². The lowest BCUT2D eigenvalue weighted by molar-refractivity contribution is 0.0298. The number of nitrogens with zero attached hydrogens (tertiary/aromatic N) is 3. The minimum absolute atomic E-state index is 0.202. The van der Waals surface area contributed by atoms with Crippen molar-refractivity contribution in [3.05, 3.63) is 56.9 Å². The molecule has 1 aromatic carbocycles. The summed E-state index contributed by atoms with van der Waals surface area (Å²) in [6.45, 7) is 2.26. The third-order valence-electron chi connectivity index (χ3n) is 5.29. The molecule has 7 nitrogen and oxygen atoms in total. The molecule has 1 fully saturated rings. The summed E-state index contributed by atoms with van der Waals surface area (Å²) in [6.07, 6.45) is 0. The van der Waals surface area contributed by atoms with Gasteiger partial charge in [0.2, 0.25) is 0 Å². The van der Waals surface area contributed by atoms with E-state index >= 15 is 0 Å². The minimum atomic E-state index is -3.56. The maximum Gasteiger partial charge on any atom is 0.274 e. The largest absolute Gasteiger partial charge is 0.378 e. The molecule has 156 valence electrons. The van der Waals surface area contributed by atoms with Gasteiger partial charge in [-0.1, -0.05) is 29.8 Å². The summed E-state index contributed by atoms with van der Waals surface area (Å²) in [5.41, 5.74) is 1.93. The first-order valence-electron chi connectivity index (χ1n) is 9.46. The SMILES string of the molecule is O=C(c1nn(Cc2cc(Cl)cs2)c2c1CS(=O)(=O)c1ccccc1-2)N1CCOCC1. The molecule has 2 aromatic heterocycles. The van der Waals surface area contributed by atoms with Gasteiger partial charge in [0.1, 0.15) is 0 Å². The number of aromatic nitrogens is 2. The lowest BCUT2D eigenvalue weighted by Gasteiger charge is -2.26. The van der Waals surface area contributed by atoms with Gasteiger partial charge in [0.25, 0.3) is 5.91 Å². The lowest BCUT2D eigenvalue weighted by Crippen LogP contribution is -2.41. The summed E-state index contributed by atoms with van der Waals surface area (Å²) in [6, 6.07) is 8.74. The number of benzene rings is 1. The van der Waals surface area contributed by atoms with E-state index < -0.39 is 9.84 Å². The summed E-state index contributed by atoms with van der Waals surface area (Å²) in [5.74, 6) is -0.497. The molecule has 0 saturated carbocycles. The number of ether oxygens (including phenoxy) is 1. The number of thiophene rings is 1. The van der Waals surface area contributed by atoms with Crippen LogP contribution in [0.15, 0.2) is 40.6 Å². The topological polar surface area (TPSA) is 81.5 Å². The number of hydrogen-bond acceptors (Lipinski definition) is 6. The quantitative estimate of drug-likeness (QED) is 0.596. The summed E-state index contributed by atoms with van der Waals surface area (Å²) < 4.78 is 33.0. The number of fused-ring (bicyclic) bond motifs is 3. The van der Waals surface area contributed by atoms with E-state index in [1.165, 1.54) is 11.3 Å². The van der Waals surface area contributed by atoms with Crippen LogP contribution in [0.4, 0.5) is 0 Å². The van der Waals surface area contributed by atoms with Crippen LogP contribution in [0.25, 0.3) is 11.3 Å². The number of rotatable bonds is 3. The average molecular weight is 464 g/mol. The fourth-order valence-electron chi connectivity index (χ4n) is 3.93. The van der Waals surface area contributed by atoms with Crippen LogP contribution in [0.5, 0.6) is 0 Å². The van der Waals surface area contributed by atoms with Crippen molar-refractivity contribution >= 4 is 38.7 Å². The van der Waals surface area contributed by atoms with E-state index in [2.05, 4.69) is 5.10 Å². The molecule has 0 spiro atoms. The van der Waals surface area contributed by atoms with E-state index in [1.54, 1.807) is 33.8 Å². The van der Waals surface area contributed by atoms with Gasteiger partial charge in [0.15, 0.2) is 15.5 Å². The molecule has 2 aliphatic rings. The first kappa shape index (κ1) is 19.7. The first-order valence-corrected chi connectivity index (χ1v) is 12.4. The second-order valence-electron chi connectivity index (χ2n) is 7.22. The second kappa shape index (κ2) is 7.49. The van der Waals surface area contributed by atoms with Crippen LogP contribution in [0.2, 0.25) is 5.02 Å². The Labute approximate surface area is 182 Å². The number of sulfone groups is 1.